The smallest absolute Gasteiger partial charge is 0.0354 e. The van der Waals surface area contributed by atoms with Crippen LogP contribution in [0.15, 0.2) is 11.6 Å². The summed E-state index contributed by atoms with van der Waals surface area (Å²) in [5.41, 5.74) is 1.51. The van der Waals surface area contributed by atoms with Crippen molar-refractivity contribution in [1.29, 1.82) is 0 Å². The molecule has 1 rings (SSSR count). The standard InChI is InChI=1S/C12H22/c1-5-10-8-7-9-12(3,4)11(10)6-2/h8,11H,5-7,9H2,1-4H3/i11D. The lowest BCUT2D eigenvalue weighted by atomic mass is 9.67. The number of allylic oxidation sites excluding steroid dienone is 2. The van der Waals surface area contributed by atoms with Gasteiger partial charge in [-0.3, -0.25) is 0 Å². The minimum absolute atomic E-state index is 0.155. The van der Waals surface area contributed by atoms with Crippen LogP contribution in [0.2, 0.25) is 0 Å². The van der Waals surface area contributed by atoms with Gasteiger partial charge in [0.1, 0.15) is 0 Å². The van der Waals surface area contributed by atoms with E-state index in [1.54, 1.807) is 0 Å². The molecule has 1 unspecified atom stereocenters. The zero-order valence-electron chi connectivity index (χ0n) is 9.91. The minimum Gasteiger partial charge on any atom is -0.0850 e. The molecule has 0 saturated carbocycles. The molecule has 0 N–H and O–H groups in total. The Bertz CT molecular complexity index is 215. The van der Waals surface area contributed by atoms with Crippen molar-refractivity contribution in [2.45, 2.75) is 53.4 Å². The predicted molar refractivity (Wildman–Crippen MR) is 55.2 cm³/mol. The molecule has 0 aromatic carbocycles. The Hall–Kier alpha value is -0.260. The highest BCUT2D eigenvalue weighted by Gasteiger charge is 2.31. The summed E-state index contributed by atoms with van der Waals surface area (Å²) in [4.78, 5) is 0. The Morgan fingerprint density at radius 1 is 1.58 bits per heavy atom. The summed E-state index contributed by atoms with van der Waals surface area (Å²) in [5.74, 6) is -0.306. The van der Waals surface area contributed by atoms with Gasteiger partial charge in [-0.25, -0.2) is 0 Å². The maximum absolute atomic E-state index is 8.56. The lowest BCUT2D eigenvalue weighted by Gasteiger charge is -2.38. The molecule has 0 fully saturated rings. The largest absolute Gasteiger partial charge is 0.0850 e. The molecule has 0 heterocycles. The third-order valence-electron chi connectivity index (χ3n) is 3.10. The zero-order valence-corrected chi connectivity index (χ0v) is 8.91. The van der Waals surface area contributed by atoms with Crippen LogP contribution in [0.5, 0.6) is 0 Å². The van der Waals surface area contributed by atoms with Gasteiger partial charge in [-0.05, 0) is 37.0 Å². The van der Waals surface area contributed by atoms with Crippen molar-refractivity contribution in [3.63, 3.8) is 0 Å². The van der Waals surface area contributed by atoms with E-state index in [4.69, 9.17) is 1.37 Å². The van der Waals surface area contributed by atoms with Gasteiger partial charge < -0.3 is 0 Å². The summed E-state index contributed by atoms with van der Waals surface area (Å²) in [6, 6.07) is 0. The third-order valence-corrected chi connectivity index (χ3v) is 3.10. The van der Waals surface area contributed by atoms with Crippen molar-refractivity contribution in [3.8, 4) is 0 Å². The van der Waals surface area contributed by atoms with Gasteiger partial charge in [-0.2, -0.15) is 0 Å². The fourth-order valence-electron chi connectivity index (χ4n) is 2.38. The lowest BCUT2D eigenvalue weighted by molar-refractivity contribution is 0.206. The highest BCUT2D eigenvalue weighted by atomic mass is 14.4. The van der Waals surface area contributed by atoms with E-state index in [9.17, 15) is 0 Å². The first-order chi connectivity index (χ1) is 5.98. The van der Waals surface area contributed by atoms with Gasteiger partial charge in [0.2, 0.25) is 0 Å². The second-order valence-electron chi connectivity index (χ2n) is 4.34. The van der Waals surface area contributed by atoms with Crippen LogP contribution in [0, 0.1) is 11.3 Å². The van der Waals surface area contributed by atoms with Crippen molar-refractivity contribution < 1.29 is 1.37 Å². The summed E-state index contributed by atoms with van der Waals surface area (Å²) in [6.45, 7) is 8.80. The third kappa shape index (κ3) is 1.73. The molecule has 0 aliphatic heterocycles. The molecule has 0 saturated heterocycles. The van der Waals surface area contributed by atoms with E-state index >= 15 is 0 Å². The van der Waals surface area contributed by atoms with Gasteiger partial charge in [0, 0.05) is 1.37 Å². The fourth-order valence-corrected chi connectivity index (χ4v) is 2.38. The fraction of sp³-hybridized carbons (Fsp3) is 0.833. The molecule has 1 aliphatic rings. The van der Waals surface area contributed by atoms with Gasteiger partial charge in [-0.15, -0.1) is 0 Å². The molecule has 0 nitrogen and oxygen atoms in total. The van der Waals surface area contributed by atoms with Gasteiger partial charge in [0.05, 0.1) is 0 Å². The van der Waals surface area contributed by atoms with Crippen molar-refractivity contribution >= 4 is 0 Å². The molecule has 0 amide bonds. The molecule has 0 heteroatoms. The summed E-state index contributed by atoms with van der Waals surface area (Å²) in [7, 11) is 0. The maximum Gasteiger partial charge on any atom is 0.0354 e. The molecular weight excluding hydrogens is 144 g/mol. The highest BCUT2D eigenvalue weighted by molar-refractivity contribution is 5.13. The van der Waals surface area contributed by atoms with E-state index < -0.39 is 0 Å². The quantitative estimate of drug-likeness (QED) is 0.541. The second kappa shape index (κ2) is 3.64. The van der Waals surface area contributed by atoms with Gasteiger partial charge >= 0.3 is 0 Å². The van der Waals surface area contributed by atoms with Gasteiger partial charge in [-0.1, -0.05) is 39.3 Å². The summed E-state index contributed by atoms with van der Waals surface area (Å²) in [5, 5.41) is 0. The van der Waals surface area contributed by atoms with Crippen LogP contribution in [0.3, 0.4) is 0 Å². The van der Waals surface area contributed by atoms with Crippen LogP contribution in [0.25, 0.3) is 0 Å². The van der Waals surface area contributed by atoms with E-state index in [-0.39, 0.29) is 11.3 Å². The summed E-state index contributed by atoms with van der Waals surface area (Å²) < 4.78 is 8.56. The Morgan fingerprint density at radius 2 is 2.25 bits per heavy atom. The number of hydrogen-bond acceptors (Lipinski definition) is 0. The maximum atomic E-state index is 8.56. The van der Waals surface area contributed by atoms with Crippen molar-refractivity contribution in [2.75, 3.05) is 0 Å². The van der Waals surface area contributed by atoms with E-state index in [2.05, 4.69) is 33.8 Å². The summed E-state index contributed by atoms with van der Waals surface area (Å²) in [6.07, 6.45) is 6.60. The second-order valence-corrected chi connectivity index (χ2v) is 4.34. The molecule has 12 heavy (non-hydrogen) atoms. The Labute approximate surface area is 78.5 Å². The number of hydrogen-bond donors (Lipinski definition) is 0. The molecule has 1 atom stereocenters. The predicted octanol–water partition coefficient (Wildman–Crippen LogP) is 4.17. The molecular formula is C12H22. The molecule has 0 aromatic rings. The van der Waals surface area contributed by atoms with E-state index in [1.807, 2.05) is 0 Å². The first-order valence-corrected chi connectivity index (χ1v) is 5.17. The lowest BCUT2D eigenvalue weighted by Crippen LogP contribution is -2.27. The van der Waals surface area contributed by atoms with Crippen LogP contribution in [-0.4, -0.2) is 0 Å². The monoisotopic (exact) mass is 167 g/mol. The van der Waals surface area contributed by atoms with Crippen molar-refractivity contribution in [3.05, 3.63) is 11.6 Å². The van der Waals surface area contributed by atoms with E-state index in [1.165, 1.54) is 5.57 Å². The highest BCUT2D eigenvalue weighted by Crippen LogP contribution is 2.43. The Kier molecular flexibility index (Phi) is 2.53. The zero-order chi connectivity index (χ0) is 10.1. The first-order valence-electron chi connectivity index (χ1n) is 5.67. The van der Waals surface area contributed by atoms with Crippen LogP contribution >= 0.6 is 0 Å². The average molecular weight is 167 g/mol. The normalized spacial score (nSPS) is 35.7. The van der Waals surface area contributed by atoms with Gasteiger partial charge in [0.15, 0.2) is 0 Å². The van der Waals surface area contributed by atoms with Crippen LogP contribution in [0.1, 0.15) is 54.7 Å². The van der Waals surface area contributed by atoms with E-state index in [0.717, 1.165) is 25.7 Å². The van der Waals surface area contributed by atoms with Crippen molar-refractivity contribution in [2.24, 2.45) is 11.3 Å². The molecule has 70 valence electrons. The first kappa shape index (κ1) is 8.34. The SMILES string of the molecule is [2H]C1(CC)C(CC)=CCCC1(C)C. The van der Waals surface area contributed by atoms with Crippen LogP contribution in [0.4, 0.5) is 0 Å². The Morgan fingerprint density at radius 3 is 2.67 bits per heavy atom. The van der Waals surface area contributed by atoms with Crippen LogP contribution in [-0.2, 0) is 0 Å². The van der Waals surface area contributed by atoms with Gasteiger partial charge in [0.25, 0.3) is 0 Å². The molecule has 0 aromatic heterocycles. The molecule has 0 spiro atoms. The van der Waals surface area contributed by atoms with Crippen LogP contribution < -0.4 is 0 Å². The number of rotatable bonds is 2. The topological polar surface area (TPSA) is 0 Å². The summed E-state index contributed by atoms with van der Waals surface area (Å²) >= 11 is 0. The molecule has 0 radical (unpaired) electrons. The molecule has 1 aliphatic carbocycles. The minimum atomic E-state index is -0.306. The van der Waals surface area contributed by atoms with Crippen molar-refractivity contribution in [1.82, 2.24) is 0 Å². The Balaban J connectivity index is 3.05. The van der Waals surface area contributed by atoms with E-state index in [0.29, 0.717) is 0 Å². The average Bonchev–Trinajstić information content (AvgIpc) is 2.09. The molecule has 0 bridgehead atoms.